The van der Waals surface area contributed by atoms with Crippen molar-refractivity contribution in [3.05, 3.63) is 77.7 Å². The van der Waals surface area contributed by atoms with E-state index in [1.54, 1.807) is 54.7 Å². The highest BCUT2D eigenvalue weighted by molar-refractivity contribution is 6.04. The average Bonchev–Trinajstić information content (AvgIpc) is 3.17. The zero-order chi connectivity index (χ0) is 19.3. The van der Waals surface area contributed by atoms with Gasteiger partial charge in [0.25, 0.3) is 5.91 Å². The van der Waals surface area contributed by atoms with Gasteiger partial charge in [-0.25, -0.2) is 9.37 Å². The van der Waals surface area contributed by atoms with Gasteiger partial charge in [0, 0.05) is 30.1 Å². The van der Waals surface area contributed by atoms with Crippen LogP contribution in [0.1, 0.15) is 15.9 Å². The van der Waals surface area contributed by atoms with Crippen LogP contribution in [-0.2, 0) is 6.42 Å². The molecule has 2 heterocycles. The quantitative estimate of drug-likeness (QED) is 0.681. The van der Waals surface area contributed by atoms with Gasteiger partial charge in [0.1, 0.15) is 11.6 Å². The summed E-state index contributed by atoms with van der Waals surface area (Å²) in [7, 11) is 0. The number of pyridine rings is 1. The molecule has 0 bridgehead atoms. The van der Waals surface area contributed by atoms with Crippen molar-refractivity contribution in [2.24, 2.45) is 0 Å². The summed E-state index contributed by atoms with van der Waals surface area (Å²) in [6.07, 6.45) is 2.07. The van der Waals surface area contributed by atoms with Gasteiger partial charge < -0.3 is 20.1 Å². The lowest BCUT2D eigenvalue weighted by Gasteiger charge is -2.09. The molecule has 28 heavy (non-hydrogen) atoms. The minimum Gasteiger partial charge on any atom is -0.454 e. The molecule has 0 radical (unpaired) electrons. The third-order valence-electron chi connectivity index (χ3n) is 4.31. The SMILES string of the molecule is O=C(Nc1ccc2c(c1)OCO2)c1ccnc(NCCc2ccccc2F)c1. The molecule has 1 aromatic heterocycles. The number of nitrogens with zero attached hydrogens (tertiary/aromatic N) is 1. The molecule has 4 rings (SSSR count). The summed E-state index contributed by atoms with van der Waals surface area (Å²) >= 11 is 0. The molecule has 3 aromatic rings. The number of rotatable bonds is 6. The summed E-state index contributed by atoms with van der Waals surface area (Å²) < 4.78 is 24.2. The maximum absolute atomic E-state index is 13.7. The Morgan fingerprint density at radius 2 is 1.93 bits per heavy atom. The van der Waals surface area contributed by atoms with E-state index in [-0.39, 0.29) is 18.5 Å². The van der Waals surface area contributed by atoms with Gasteiger partial charge >= 0.3 is 0 Å². The van der Waals surface area contributed by atoms with Crippen molar-refractivity contribution in [2.75, 3.05) is 24.0 Å². The van der Waals surface area contributed by atoms with E-state index in [2.05, 4.69) is 15.6 Å². The molecule has 2 N–H and O–H groups in total. The summed E-state index contributed by atoms with van der Waals surface area (Å²) in [6.45, 7) is 0.681. The Labute approximate surface area is 161 Å². The number of nitrogens with one attached hydrogen (secondary N) is 2. The minimum absolute atomic E-state index is 0.180. The Hall–Kier alpha value is -3.61. The summed E-state index contributed by atoms with van der Waals surface area (Å²) in [6, 6.07) is 15.2. The smallest absolute Gasteiger partial charge is 0.255 e. The summed E-state index contributed by atoms with van der Waals surface area (Å²) in [5.74, 6) is 1.31. The van der Waals surface area contributed by atoms with Crippen LogP contribution in [0, 0.1) is 5.82 Å². The standard InChI is InChI=1S/C21H18FN3O3/c22-17-4-2-1-3-14(17)7-9-23-20-11-15(8-10-24-20)21(26)25-16-5-6-18-19(12-16)28-13-27-18/h1-6,8,10-12H,7,9,13H2,(H,23,24)(H,25,26). The molecule has 0 saturated heterocycles. The van der Waals surface area contributed by atoms with Crippen LogP contribution in [0.3, 0.4) is 0 Å². The molecule has 0 fully saturated rings. The average molecular weight is 379 g/mol. The Bertz CT molecular complexity index is 1010. The normalized spacial score (nSPS) is 11.9. The van der Waals surface area contributed by atoms with Crippen molar-refractivity contribution in [1.29, 1.82) is 0 Å². The molecule has 0 unspecified atom stereocenters. The van der Waals surface area contributed by atoms with E-state index in [1.165, 1.54) is 6.07 Å². The summed E-state index contributed by atoms with van der Waals surface area (Å²) in [4.78, 5) is 16.7. The molecule has 1 aliphatic heterocycles. The number of ether oxygens (including phenoxy) is 2. The van der Waals surface area contributed by atoms with Gasteiger partial charge in [0.15, 0.2) is 11.5 Å². The second-order valence-corrected chi connectivity index (χ2v) is 6.22. The van der Waals surface area contributed by atoms with Crippen LogP contribution in [0.5, 0.6) is 11.5 Å². The second-order valence-electron chi connectivity index (χ2n) is 6.22. The molecule has 0 atom stereocenters. The van der Waals surface area contributed by atoms with Gasteiger partial charge in [-0.3, -0.25) is 4.79 Å². The Morgan fingerprint density at radius 1 is 1.07 bits per heavy atom. The fourth-order valence-electron chi connectivity index (χ4n) is 2.87. The maximum Gasteiger partial charge on any atom is 0.255 e. The highest BCUT2D eigenvalue weighted by Gasteiger charge is 2.15. The first-order valence-corrected chi connectivity index (χ1v) is 8.83. The zero-order valence-electron chi connectivity index (χ0n) is 14.9. The molecule has 0 spiro atoms. The molecule has 2 aromatic carbocycles. The Morgan fingerprint density at radius 3 is 2.82 bits per heavy atom. The Balaban J connectivity index is 1.37. The van der Waals surface area contributed by atoms with E-state index in [0.29, 0.717) is 47.1 Å². The summed E-state index contributed by atoms with van der Waals surface area (Å²) in [5.41, 5.74) is 1.70. The van der Waals surface area contributed by atoms with Gasteiger partial charge in [0.2, 0.25) is 6.79 Å². The molecule has 6 nitrogen and oxygen atoms in total. The predicted octanol–water partition coefficient (Wildman–Crippen LogP) is 3.86. The first kappa shape index (κ1) is 17.8. The van der Waals surface area contributed by atoms with Crippen LogP contribution in [0.15, 0.2) is 60.8 Å². The number of aromatic nitrogens is 1. The van der Waals surface area contributed by atoms with E-state index in [1.807, 2.05) is 0 Å². The lowest BCUT2D eigenvalue weighted by molar-refractivity contribution is 0.102. The third-order valence-corrected chi connectivity index (χ3v) is 4.31. The van der Waals surface area contributed by atoms with Crippen molar-refractivity contribution in [3.8, 4) is 11.5 Å². The first-order chi connectivity index (χ1) is 13.7. The van der Waals surface area contributed by atoms with E-state index < -0.39 is 0 Å². The predicted molar refractivity (Wildman–Crippen MR) is 103 cm³/mol. The number of carbonyl (C=O) groups is 1. The zero-order valence-corrected chi connectivity index (χ0v) is 14.9. The minimum atomic E-state index is -0.265. The number of anilines is 2. The number of hydrogen-bond donors (Lipinski definition) is 2. The van der Waals surface area contributed by atoms with Crippen LogP contribution in [-0.4, -0.2) is 24.2 Å². The lowest BCUT2D eigenvalue weighted by Crippen LogP contribution is -2.13. The van der Waals surface area contributed by atoms with Gasteiger partial charge in [0.05, 0.1) is 0 Å². The number of amides is 1. The van der Waals surface area contributed by atoms with Crippen molar-refractivity contribution in [2.45, 2.75) is 6.42 Å². The van der Waals surface area contributed by atoms with Crippen molar-refractivity contribution < 1.29 is 18.7 Å². The third kappa shape index (κ3) is 4.03. The Kier molecular flexibility index (Phi) is 5.05. The monoisotopic (exact) mass is 379 g/mol. The van der Waals surface area contributed by atoms with Crippen LogP contribution < -0.4 is 20.1 Å². The molecule has 0 aliphatic carbocycles. The van der Waals surface area contributed by atoms with Crippen molar-refractivity contribution in [1.82, 2.24) is 4.98 Å². The lowest BCUT2D eigenvalue weighted by atomic mass is 10.1. The van der Waals surface area contributed by atoms with Crippen molar-refractivity contribution >= 4 is 17.4 Å². The van der Waals surface area contributed by atoms with Crippen molar-refractivity contribution in [3.63, 3.8) is 0 Å². The molecule has 142 valence electrons. The number of fused-ring (bicyclic) bond motifs is 1. The highest BCUT2D eigenvalue weighted by Crippen LogP contribution is 2.34. The number of hydrogen-bond acceptors (Lipinski definition) is 5. The molecule has 1 aliphatic rings. The van der Waals surface area contributed by atoms with Crippen LogP contribution in [0.25, 0.3) is 0 Å². The fraction of sp³-hybridized carbons (Fsp3) is 0.143. The highest BCUT2D eigenvalue weighted by atomic mass is 19.1. The van der Waals surface area contributed by atoms with Crippen LogP contribution in [0.4, 0.5) is 15.9 Å². The van der Waals surface area contributed by atoms with E-state index in [4.69, 9.17) is 9.47 Å². The second kappa shape index (κ2) is 7.96. The number of benzene rings is 2. The van der Waals surface area contributed by atoms with Gasteiger partial charge in [-0.05, 0) is 42.3 Å². The van der Waals surface area contributed by atoms with E-state index >= 15 is 0 Å². The van der Waals surface area contributed by atoms with Gasteiger partial charge in [-0.2, -0.15) is 0 Å². The molecule has 0 saturated carbocycles. The molecule has 7 heteroatoms. The molecule has 1 amide bonds. The fourth-order valence-corrected chi connectivity index (χ4v) is 2.87. The molecular weight excluding hydrogens is 361 g/mol. The maximum atomic E-state index is 13.7. The van der Waals surface area contributed by atoms with E-state index in [9.17, 15) is 9.18 Å². The van der Waals surface area contributed by atoms with Crippen LogP contribution >= 0.6 is 0 Å². The van der Waals surface area contributed by atoms with Gasteiger partial charge in [-0.1, -0.05) is 18.2 Å². The number of carbonyl (C=O) groups excluding carboxylic acids is 1. The topological polar surface area (TPSA) is 72.5 Å². The largest absolute Gasteiger partial charge is 0.454 e. The number of halogens is 1. The van der Waals surface area contributed by atoms with E-state index in [0.717, 1.165) is 0 Å². The first-order valence-electron chi connectivity index (χ1n) is 8.83. The van der Waals surface area contributed by atoms with Gasteiger partial charge in [-0.15, -0.1) is 0 Å². The molecular formula is C21H18FN3O3. The van der Waals surface area contributed by atoms with Crippen LogP contribution in [0.2, 0.25) is 0 Å². The summed E-state index contributed by atoms with van der Waals surface area (Å²) in [5, 5.41) is 5.94.